The highest BCUT2D eigenvalue weighted by Crippen LogP contribution is 2.31. The van der Waals surface area contributed by atoms with Gasteiger partial charge in [-0.15, -0.1) is 0 Å². The first-order valence-electron chi connectivity index (χ1n) is 9.67. The number of hydrogen-bond donors (Lipinski definition) is 1. The van der Waals surface area contributed by atoms with E-state index >= 15 is 0 Å². The van der Waals surface area contributed by atoms with Gasteiger partial charge in [-0.2, -0.15) is 0 Å². The number of oxazole rings is 1. The van der Waals surface area contributed by atoms with E-state index in [2.05, 4.69) is 36.0 Å². The summed E-state index contributed by atoms with van der Waals surface area (Å²) < 4.78 is 5.92. The summed E-state index contributed by atoms with van der Waals surface area (Å²) in [6, 6.07) is 16.8. The lowest BCUT2D eigenvalue weighted by Gasteiger charge is -2.07. The summed E-state index contributed by atoms with van der Waals surface area (Å²) in [5.74, 6) is 1.01. The Hall–Kier alpha value is -2.82. The molecule has 4 rings (SSSR count). The van der Waals surface area contributed by atoms with E-state index in [9.17, 15) is 5.11 Å². The summed E-state index contributed by atoms with van der Waals surface area (Å²) in [7, 11) is 0. The topological polar surface area (TPSA) is 58.6 Å². The van der Waals surface area contributed by atoms with E-state index in [1.165, 1.54) is 17.8 Å². The van der Waals surface area contributed by atoms with E-state index in [0.29, 0.717) is 28.1 Å². The van der Waals surface area contributed by atoms with E-state index in [4.69, 9.17) is 27.6 Å². The van der Waals surface area contributed by atoms with Crippen LogP contribution in [-0.4, -0.2) is 16.3 Å². The first-order valence-corrected chi connectivity index (χ1v) is 10.4. The Morgan fingerprint density at radius 1 is 1.10 bits per heavy atom. The lowest BCUT2D eigenvalue weighted by atomic mass is 9.98. The van der Waals surface area contributed by atoms with Gasteiger partial charge in [0.2, 0.25) is 5.89 Å². The maximum absolute atomic E-state index is 10.0. The predicted molar refractivity (Wildman–Crippen MR) is 124 cm³/mol. The van der Waals surface area contributed by atoms with Crippen molar-refractivity contribution in [1.29, 1.82) is 0 Å². The molecule has 0 bridgehead atoms. The molecule has 0 radical (unpaired) electrons. The molecule has 0 unspecified atom stereocenters. The number of nitrogens with zero attached hydrogens (tertiary/aromatic N) is 2. The normalized spacial score (nSPS) is 12.7. The van der Waals surface area contributed by atoms with Crippen molar-refractivity contribution < 1.29 is 9.52 Å². The predicted octanol–water partition coefficient (Wildman–Crippen LogP) is 7.77. The van der Waals surface area contributed by atoms with Gasteiger partial charge in [0.1, 0.15) is 11.3 Å². The molecule has 1 N–H and O–H groups in total. The average molecular weight is 439 g/mol. The molecule has 152 valence electrons. The monoisotopic (exact) mass is 438 g/mol. The van der Waals surface area contributed by atoms with Gasteiger partial charge < -0.3 is 9.52 Å². The van der Waals surface area contributed by atoms with Crippen molar-refractivity contribution in [2.75, 3.05) is 0 Å². The molecule has 0 saturated heterocycles. The fourth-order valence-corrected chi connectivity index (χ4v) is 3.64. The molecule has 4 aromatic rings. The van der Waals surface area contributed by atoms with Crippen LogP contribution in [0.15, 0.2) is 64.0 Å². The van der Waals surface area contributed by atoms with Crippen LogP contribution in [0.4, 0.5) is 5.69 Å². The highest BCUT2D eigenvalue weighted by molar-refractivity contribution is 6.36. The number of aliphatic imine (C=N–C) groups is 1. The number of hydrogen-bond acceptors (Lipinski definition) is 4. The second kappa shape index (κ2) is 8.50. The summed E-state index contributed by atoms with van der Waals surface area (Å²) in [4.78, 5) is 9.03. The Bertz CT molecular complexity index is 1230. The molecule has 4 nitrogen and oxygen atoms in total. The lowest BCUT2D eigenvalue weighted by molar-refractivity contribution is 0.475. The van der Waals surface area contributed by atoms with Gasteiger partial charge in [-0.1, -0.05) is 43.1 Å². The van der Waals surface area contributed by atoms with Gasteiger partial charge in [0, 0.05) is 22.4 Å². The number of phenols is 1. The van der Waals surface area contributed by atoms with E-state index in [1.807, 2.05) is 30.3 Å². The molecule has 0 aliphatic rings. The number of rotatable bonds is 5. The van der Waals surface area contributed by atoms with Crippen molar-refractivity contribution in [2.24, 2.45) is 4.99 Å². The Morgan fingerprint density at radius 2 is 1.87 bits per heavy atom. The maximum Gasteiger partial charge on any atom is 0.227 e. The Morgan fingerprint density at radius 3 is 2.60 bits per heavy atom. The SMILES string of the molecule is CC[C@@H](C)c1ccc2oc(-c3ccc(N=Cc4cc(Cl)cc(Cl)c4O)cc3)nc2c1. The fourth-order valence-electron chi connectivity index (χ4n) is 3.13. The molecule has 0 aliphatic carbocycles. The van der Waals surface area contributed by atoms with E-state index < -0.39 is 0 Å². The molecule has 30 heavy (non-hydrogen) atoms. The molecule has 0 fully saturated rings. The zero-order valence-electron chi connectivity index (χ0n) is 16.6. The summed E-state index contributed by atoms with van der Waals surface area (Å²) in [5, 5.41) is 10.6. The van der Waals surface area contributed by atoms with Crippen molar-refractivity contribution in [2.45, 2.75) is 26.2 Å². The molecular weight excluding hydrogens is 419 g/mol. The van der Waals surface area contributed by atoms with Crippen LogP contribution < -0.4 is 0 Å². The molecule has 1 heterocycles. The van der Waals surface area contributed by atoms with Crippen LogP contribution in [0.2, 0.25) is 10.0 Å². The maximum atomic E-state index is 10.0. The quantitative estimate of drug-likeness (QED) is 0.323. The number of fused-ring (bicyclic) bond motifs is 1. The highest BCUT2D eigenvalue weighted by atomic mass is 35.5. The fraction of sp³-hybridized carbons (Fsp3) is 0.167. The van der Waals surface area contributed by atoms with Crippen LogP contribution in [0.3, 0.4) is 0 Å². The van der Waals surface area contributed by atoms with Crippen LogP contribution >= 0.6 is 23.2 Å². The molecule has 1 atom stereocenters. The van der Waals surface area contributed by atoms with Crippen molar-refractivity contribution >= 4 is 46.2 Å². The zero-order valence-corrected chi connectivity index (χ0v) is 18.1. The number of halogens is 2. The second-order valence-electron chi connectivity index (χ2n) is 7.19. The summed E-state index contributed by atoms with van der Waals surface area (Å²) >= 11 is 11.9. The van der Waals surface area contributed by atoms with Crippen LogP contribution in [0, 0.1) is 0 Å². The minimum Gasteiger partial charge on any atom is -0.506 e. The van der Waals surface area contributed by atoms with Crippen molar-refractivity contribution in [3.63, 3.8) is 0 Å². The van der Waals surface area contributed by atoms with Crippen molar-refractivity contribution in [3.05, 3.63) is 75.8 Å². The lowest BCUT2D eigenvalue weighted by Crippen LogP contribution is -1.90. The minimum atomic E-state index is -0.0512. The van der Waals surface area contributed by atoms with Crippen LogP contribution in [0.5, 0.6) is 5.75 Å². The van der Waals surface area contributed by atoms with Crippen LogP contribution in [-0.2, 0) is 0 Å². The Labute approximate surface area is 184 Å². The van der Waals surface area contributed by atoms with Crippen molar-refractivity contribution in [3.8, 4) is 17.2 Å². The van der Waals surface area contributed by atoms with Gasteiger partial charge >= 0.3 is 0 Å². The average Bonchev–Trinajstić information content (AvgIpc) is 3.18. The zero-order chi connectivity index (χ0) is 21.3. The van der Waals surface area contributed by atoms with Gasteiger partial charge in [0.15, 0.2) is 5.58 Å². The Balaban J connectivity index is 1.58. The van der Waals surface area contributed by atoms with Crippen LogP contribution in [0.25, 0.3) is 22.6 Å². The van der Waals surface area contributed by atoms with Gasteiger partial charge in [-0.3, -0.25) is 4.99 Å². The third-order valence-electron chi connectivity index (χ3n) is 5.12. The third-order valence-corrected chi connectivity index (χ3v) is 5.62. The second-order valence-corrected chi connectivity index (χ2v) is 8.03. The number of aromatic nitrogens is 1. The summed E-state index contributed by atoms with van der Waals surface area (Å²) in [6.07, 6.45) is 2.61. The van der Waals surface area contributed by atoms with Gasteiger partial charge in [0.05, 0.1) is 10.7 Å². The van der Waals surface area contributed by atoms with E-state index in [1.54, 1.807) is 6.07 Å². The highest BCUT2D eigenvalue weighted by Gasteiger charge is 2.11. The van der Waals surface area contributed by atoms with Crippen molar-refractivity contribution in [1.82, 2.24) is 4.98 Å². The van der Waals surface area contributed by atoms with Gasteiger partial charge in [-0.05, 0) is 66.4 Å². The molecule has 3 aromatic carbocycles. The number of benzene rings is 3. The van der Waals surface area contributed by atoms with E-state index in [0.717, 1.165) is 23.1 Å². The molecule has 1 aromatic heterocycles. The standard InChI is InChI=1S/C24H20Cl2N2O2/c1-3-14(2)16-6-9-22-21(11-16)28-24(30-22)15-4-7-19(8-5-15)27-13-17-10-18(25)12-20(26)23(17)29/h4-14,29H,3H2,1-2H3/t14-/m1/s1. The van der Waals surface area contributed by atoms with Gasteiger partial charge in [0.25, 0.3) is 0 Å². The summed E-state index contributed by atoms with van der Waals surface area (Å²) in [6.45, 7) is 4.38. The number of phenolic OH excluding ortho intramolecular Hbond substituents is 1. The largest absolute Gasteiger partial charge is 0.506 e. The first kappa shape index (κ1) is 20.5. The van der Waals surface area contributed by atoms with E-state index in [-0.39, 0.29) is 10.8 Å². The summed E-state index contributed by atoms with van der Waals surface area (Å²) in [5.41, 5.74) is 4.92. The number of aromatic hydroxyl groups is 1. The molecule has 0 amide bonds. The third kappa shape index (κ3) is 4.20. The van der Waals surface area contributed by atoms with Crippen LogP contribution in [0.1, 0.15) is 37.3 Å². The minimum absolute atomic E-state index is 0.0512. The molecule has 0 saturated carbocycles. The molecular formula is C24H20Cl2N2O2. The Kier molecular flexibility index (Phi) is 5.80. The first-order chi connectivity index (χ1) is 14.4. The smallest absolute Gasteiger partial charge is 0.227 e. The van der Waals surface area contributed by atoms with Gasteiger partial charge in [-0.25, -0.2) is 4.98 Å². The molecule has 0 aliphatic heterocycles. The molecule has 0 spiro atoms. The molecule has 6 heteroatoms.